The molecule has 0 aromatic rings. The van der Waals surface area contributed by atoms with Gasteiger partial charge >= 0.3 is 0 Å². The molecule has 1 aliphatic rings. The largest absolute Gasteiger partial charge is 0.306 e. The van der Waals surface area contributed by atoms with Gasteiger partial charge in [-0.3, -0.25) is 0 Å². The molecule has 0 N–H and O–H groups in total. The fourth-order valence-corrected chi connectivity index (χ4v) is 1.61. The molecule has 1 saturated heterocycles. The Hall–Kier alpha value is 0.310. The first-order valence-corrected chi connectivity index (χ1v) is 4.08. The maximum atomic E-state index is 4.41. The van der Waals surface area contributed by atoms with Crippen LogP contribution >= 0.6 is 12.6 Å². The fraction of sp³-hybridized carbons (Fsp3) is 1.00. The van der Waals surface area contributed by atoms with Gasteiger partial charge in [-0.15, -0.1) is 0 Å². The molecule has 0 radical (unpaired) electrons. The molecule has 0 aromatic heterocycles. The minimum Gasteiger partial charge on any atom is -0.306 e. The van der Waals surface area contributed by atoms with Crippen molar-refractivity contribution in [3.63, 3.8) is 0 Å². The Labute approximate surface area is 62.8 Å². The van der Waals surface area contributed by atoms with Gasteiger partial charge in [-0.05, 0) is 25.9 Å². The first-order chi connectivity index (χ1) is 4.20. The first-order valence-electron chi connectivity index (χ1n) is 3.57. The summed E-state index contributed by atoms with van der Waals surface area (Å²) in [5.41, 5.74) is 0. The summed E-state index contributed by atoms with van der Waals surface area (Å²) in [6, 6.07) is 0. The van der Waals surface area contributed by atoms with E-state index >= 15 is 0 Å². The molecule has 0 saturated carbocycles. The Morgan fingerprint density at radius 3 is 2.56 bits per heavy atom. The second kappa shape index (κ2) is 2.93. The van der Waals surface area contributed by atoms with Crippen LogP contribution in [0.4, 0.5) is 0 Å². The number of hydrogen-bond donors (Lipinski definition) is 1. The van der Waals surface area contributed by atoms with Gasteiger partial charge in [0.05, 0.1) is 0 Å². The summed E-state index contributed by atoms with van der Waals surface area (Å²) in [4.78, 5) is 2.37. The molecule has 1 nitrogen and oxygen atoms in total. The Balaban J connectivity index is 2.30. The molecule has 2 unspecified atom stereocenters. The lowest BCUT2D eigenvalue weighted by Gasteiger charge is -2.12. The number of rotatable bonds is 1. The van der Waals surface area contributed by atoms with E-state index in [1.54, 1.807) is 0 Å². The van der Waals surface area contributed by atoms with Crippen LogP contribution in [0.15, 0.2) is 0 Å². The number of likely N-dealkylation sites (tertiary alicyclic amines) is 1. The van der Waals surface area contributed by atoms with Gasteiger partial charge in [-0.2, -0.15) is 12.6 Å². The Morgan fingerprint density at radius 2 is 2.33 bits per heavy atom. The molecule has 0 bridgehead atoms. The van der Waals surface area contributed by atoms with Crippen LogP contribution in [-0.4, -0.2) is 30.3 Å². The third-order valence-electron chi connectivity index (χ3n) is 2.11. The van der Waals surface area contributed by atoms with E-state index in [-0.39, 0.29) is 0 Å². The zero-order valence-electron chi connectivity index (χ0n) is 6.17. The lowest BCUT2D eigenvalue weighted by Crippen LogP contribution is -2.17. The van der Waals surface area contributed by atoms with Crippen molar-refractivity contribution >= 4 is 12.6 Å². The number of nitrogens with zero attached hydrogens (tertiary/aromatic N) is 1. The van der Waals surface area contributed by atoms with Crippen molar-refractivity contribution in [3.05, 3.63) is 0 Å². The van der Waals surface area contributed by atoms with Crippen molar-refractivity contribution in [2.45, 2.75) is 18.6 Å². The number of hydrogen-bond acceptors (Lipinski definition) is 2. The topological polar surface area (TPSA) is 3.24 Å². The van der Waals surface area contributed by atoms with Gasteiger partial charge in [-0.25, -0.2) is 0 Å². The standard InChI is InChI=1S/C7H15NS/c1-6(9)7-3-4-8(2)5-7/h6-7,9H,3-5H2,1-2H3. The normalized spacial score (nSPS) is 33.0. The fourth-order valence-electron chi connectivity index (χ4n) is 1.36. The van der Waals surface area contributed by atoms with Gasteiger partial charge in [-0.1, -0.05) is 6.92 Å². The first kappa shape index (κ1) is 7.42. The molecule has 2 atom stereocenters. The Kier molecular flexibility index (Phi) is 2.42. The van der Waals surface area contributed by atoms with E-state index < -0.39 is 0 Å². The second-order valence-corrected chi connectivity index (χ2v) is 3.87. The average Bonchev–Trinajstić information content (AvgIpc) is 2.14. The SMILES string of the molecule is CC(S)C1CCN(C)C1. The van der Waals surface area contributed by atoms with E-state index in [2.05, 4.69) is 31.5 Å². The maximum absolute atomic E-state index is 4.41. The monoisotopic (exact) mass is 145 g/mol. The third kappa shape index (κ3) is 1.87. The van der Waals surface area contributed by atoms with E-state index in [0.29, 0.717) is 5.25 Å². The van der Waals surface area contributed by atoms with Crippen LogP contribution in [0.2, 0.25) is 0 Å². The summed E-state index contributed by atoms with van der Waals surface area (Å²) in [5, 5.41) is 0.579. The summed E-state index contributed by atoms with van der Waals surface area (Å²) in [6.45, 7) is 4.69. The summed E-state index contributed by atoms with van der Waals surface area (Å²) in [6.07, 6.45) is 1.33. The molecule has 9 heavy (non-hydrogen) atoms. The smallest absolute Gasteiger partial charge is 0.00294 e. The lowest BCUT2D eigenvalue weighted by atomic mass is 10.1. The van der Waals surface area contributed by atoms with Crippen LogP contribution in [0.25, 0.3) is 0 Å². The highest BCUT2D eigenvalue weighted by Crippen LogP contribution is 2.20. The molecule has 1 heterocycles. The summed E-state index contributed by atoms with van der Waals surface area (Å²) in [5.74, 6) is 0.832. The van der Waals surface area contributed by atoms with Crippen molar-refractivity contribution in [1.82, 2.24) is 4.90 Å². The highest BCUT2D eigenvalue weighted by Gasteiger charge is 2.22. The van der Waals surface area contributed by atoms with Crippen molar-refractivity contribution in [2.24, 2.45) is 5.92 Å². The van der Waals surface area contributed by atoms with Gasteiger partial charge in [0.1, 0.15) is 0 Å². The predicted octanol–water partition coefficient (Wildman–Crippen LogP) is 1.26. The lowest BCUT2D eigenvalue weighted by molar-refractivity contribution is 0.395. The number of thiol groups is 1. The van der Waals surface area contributed by atoms with E-state index in [1.807, 2.05) is 0 Å². The molecule has 0 spiro atoms. The maximum Gasteiger partial charge on any atom is 0.00294 e. The zero-order chi connectivity index (χ0) is 6.85. The highest BCUT2D eigenvalue weighted by atomic mass is 32.1. The predicted molar refractivity (Wildman–Crippen MR) is 44.1 cm³/mol. The van der Waals surface area contributed by atoms with E-state index in [9.17, 15) is 0 Å². The molecular weight excluding hydrogens is 130 g/mol. The Bertz CT molecular complexity index is 92.9. The Morgan fingerprint density at radius 1 is 1.67 bits per heavy atom. The van der Waals surface area contributed by atoms with E-state index in [1.165, 1.54) is 19.5 Å². The van der Waals surface area contributed by atoms with Crippen LogP contribution in [0.3, 0.4) is 0 Å². The van der Waals surface area contributed by atoms with Crippen molar-refractivity contribution in [1.29, 1.82) is 0 Å². The summed E-state index contributed by atoms with van der Waals surface area (Å²) >= 11 is 4.41. The average molecular weight is 145 g/mol. The zero-order valence-corrected chi connectivity index (χ0v) is 7.06. The molecule has 2 heteroatoms. The van der Waals surface area contributed by atoms with Gasteiger partial charge in [0, 0.05) is 11.8 Å². The van der Waals surface area contributed by atoms with Crippen LogP contribution in [-0.2, 0) is 0 Å². The van der Waals surface area contributed by atoms with E-state index in [0.717, 1.165) is 5.92 Å². The van der Waals surface area contributed by atoms with Gasteiger partial charge in [0.15, 0.2) is 0 Å². The van der Waals surface area contributed by atoms with Crippen LogP contribution in [0.1, 0.15) is 13.3 Å². The quantitative estimate of drug-likeness (QED) is 0.544. The van der Waals surface area contributed by atoms with Gasteiger partial charge in [0.25, 0.3) is 0 Å². The summed E-state index contributed by atoms with van der Waals surface area (Å²) < 4.78 is 0. The van der Waals surface area contributed by atoms with E-state index in [4.69, 9.17) is 0 Å². The highest BCUT2D eigenvalue weighted by molar-refractivity contribution is 7.80. The molecule has 1 fully saturated rings. The molecule has 0 aliphatic carbocycles. The minimum atomic E-state index is 0.579. The molecular formula is C7H15NS. The molecule has 0 amide bonds. The minimum absolute atomic E-state index is 0.579. The molecule has 1 aliphatic heterocycles. The van der Waals surface area contributed by atoms with Crippen molar-refractivity contribution in [3.8, 4) is 0 Å². The van der Waals surface area contributed by atoms with Crippen LogP contribution in [0, 0.1) is 5.92 Å². The molecule has 0 aromatic carbocycles. The van der Waals surface area contributed by atoms with Crippen molar-refractivity contribution < 1.29 is 0 Å². The van der Waals surface area contributed by atoms with Gasteiger partial charge < -0.3 is 4.90 Å². The molecule has 54 valence electrons. The second-order valence-electron chi connectivity index (χ2n) is 3.05. The van der Waals surface area contributed by atoms with Crippen LogP contribution in [0.5, 0.6) is 0 Å². The summed E-state index contributed by atoms with van der Waals surface area (Å²) in [7, 11) is 2.18. The molecule has 1 rings (SSSR count). The third-order valence-corrected chi connectivity index (χ3v) is 2.53. The van der Waals surface area contributed by atoms with Gasteiger partial charge in [0.2, 0.25) is 0 Å². The van der Waals surface area contributed by atoms with Crippen LogP contribution < -0.4 is 0 Å². The van der Waals surface area contributed by atoms with Crippen molar-refractivity contribution in [2.75, 3.05) is 20.1 Å².